The van der Waals surface area contributed by atoms with Gasteiger partial charge in [0.1, 0.15) is 5.75 Å². The molecule has 1 saturated heterocycles. The topological polar surface area (TPSA) is 75.7 Å². The van der Waals surface area contributed by atoms with Gasteiger partial charge in [0.2, 0.25) is 0 Å². The molecule has 2 unspecified atom stereocenters. The summed E-state index contributed by atoms with van der Waals surface area (Å²) in [6.45, 7) is 3.87. The Bertz CT molecular complexity index is 966. The third kappa shape index (κ3) is 5.95. The number of carbonyl (C=O) groups is 1. The molecule has 4 rings (SSSR count). The molecule has 0 spiro atoms. The predicted octanol–water partition coefficient (Wildman–Crippen LogP) is 4.95. The number of rotatable bonds is 5. The van der Waals surface area contributed by atoms with Crippen LogP contribution in [0, 0.1) is 6.92 Å². The number of pyridine rings is 1. The van der Waals surface area contributed by atoms with Gasteiger partial charge in [0.25, 0.3) is 0 Å². The number of aryl methyl sites for hydroxylation is 1. The van der Waals surface area contributed by atoms with Gasteiger partial charge in [0.05, 0.1) is 31.6 Å². The largest absolute Gasteiger partial charge is 0.435 e. The van der Waals surface area contributed by atoms with Crippen molar-refractivity contribution in [2.45, 2.75) is 38.5 Å². The van der Waals surface area contributed by atoms with Gasteiger partial charge in [-0.25, -0.2) is 9.78 Å². The number of benzene rings is 1. The third-order valence-corrected chi connectivity index (χ3v) is 5.24. The van der Waals surface area contributed by atoms with Gasteiger partial charge in [0, 0.05) is 18.5 Å². The molecule has 1 aromatic heterocycles. The minimum Gasteiger partial charge on any atom is -0.435 e. The average molecular weight is 464 g/mol. The van der Waals surface area contributed by atoms with E-state index in [-0.39, 0.29) is 24.4 Å². The van der Waals surface area contributed by atoms with Crippen LogP contribution in [0.5, 0.6) is 5.75 Å². The van der Waals surface area contributed by atoms with E-state index in [1.807, 2.05) is 13.0 Å². The highest BCUT2D eigenvalue weighted by molar-refractivity contribution is 5.96. The lowest BCUT2D eigenvalue weighted by molar-refractivity contribution is -0.0498. The maximum atomic E-state index is 13.3. The van der Waals surface area contributed by atoms with Crippen molar-refractivity contribution in [2.24, 2.45) is 0 Å². The van der Waals surface area contributed by atoms with E-state index in [1.165, 1.54) is 17.0 Å². The lowest BCUT2D eigenvalue weighted by atomic mass is 9.99. The van der Waals surface area contributed by atoms with Crippen molar-refractivity contribution in [3.63, 3.8) is 0 Å². The summed E-state index contributed by atoms with van der Waals surface area (Å²) < 4.78 is 44.7. The number of carbonyl (C=O) groups excluding carboxylic acids is 1. The van der Waals surface area contributed by atoms with Crippen molar-refractivity contribution in [1.29, 1.82) is 0 Å². The molecule has 2 amide bonds. The molecule has 1 aromatic carbocycles. The summed E-state index contributed by atoms with van der Waals surface area (Å²) in [6.07, 6.45) is 3.15. The van der Waals surface area contributed by atoms with Crippen molar-refractivity contribution in [1.82, 2.24) is 10.3 Å². The van der Waals surface area contributed by atoms with Crippen molar-refractivity contribution >= 4 is 17.5 Å². The molecule has 7 nitrogen and oxygen atoms in total. The molecule has 33 heavy (non-hydrogen) atoms. The SMILES string of the molecule is C=C1CN(C(=O)NC(c2ccc(OC(F)F)cc2)C2CCCO2)c2ncc(C)cc2N1.CF. The van der Waals surface area contributed by atoms with Crippen LogP contribution < -0.4 is 20.3 Å². The van der Waals surface area contributed by atoms with E-state index in [2.05, 4.69) is 26.9 Å². The van der Waals surface area contributed by atoms with Crippen molar-refractivity contribution in [3.8, 4) is 5.75 Å². The molecule has 2 aliphatic rings. The van der Waals surface area contributed by atoms with Gasteiger partial charge in [-0.2, -0.15) is 8.78 Å². The second kappa shape index (κ2) is 11.0. The highest BCUT2D eigenvalue weighted by Gasteiger charge is 2.32. The van der Waals surface area contributed by atoms with Crippen LogP contribution >= 0.6 is 0 Å². The lowest BCUT2D eigenvalue weighted by Crippen LogP contribution is -2.47. The summed E-state index contributed by atoms with van der Waals surface area (Å²) in [5, 5.41) is 6.21. The Morgan fingerprint density at radius 2 is 2.06 bits per heavy atom. The number of anilines is 2. The van der Waals surface area contributed by atoms with Crippen LogP contribution in [0.2, 0.25) is 0 Å². The van der Waals surface area contributed by atoms with Gasteiger partial charge in [-0.3, -0.25) is 9.29 Å². The van der Waals surface area contributed by atoms with Crippen LogP contribution in [-0.2, 0) is 4.74 Å². The lowest BCUT2D eigenvalue weighted by Gasteiger charge is -2.33. The maximum Gasteiger partial charge on any atom is 0.387 e. The number of aromatic nitrogens is 1. The molecule has 0 bridgehead atoms. The number of amides is 2. The summed E-state index contributed by atoms with van der Waals surface area (Å²) in [5.41, 5.74) is 3.10. The van der Waals surface area contributed by atoms with E-state index in [0.717, 1.165) is 24.0 Å². The normalized spacial score (nSPS) is 18.1. The monoisotopic (exact) mass is 464 g/mol. The van der Waals surface area contributed by atoms with Crippen LogP contribution in [0.3, 0.4) is 0 Å². The second-order valence-corrected chi connectivity index (χ2v) is 7.62. The zero-order valence-electron chi connectivity index (χ0n) is 18.5. The molecule has 2 aromatic rings. The Balaban J connectivity index is 0.00000149. The number of halogens is 3. The fourth-order valence-corrected chi connectivity index (χ4v) is 3.86. The number of urea groups is 1. The van der Waals surface area contributed by atoms with E-state index in [9.17, 15) is 18.0 Å². The molecule has 10 heteroatoms. The zero-order valence-corrected chi connectivity index (χ0v) is 18.5. The number of hydrogen-bond acceptors (Lipinski definition) is 5. The first-order chi connectivity index (χ1) is 15.9. The maximum absolute atomic E-state index is 13.3. The van der Waals surface area contributed by atoms with Gasteiger partial charge in [-0.15, -0.1) is 0 Å². The van der Waals surface area contributed by atoms with E-state index >= 15 is 0 Å². The van der Waals surface area contributed by atoms with Gasteiger partial charge >= 0.3 is 12.6 Å². The Morgan fingerprint density at radius 1 is 1.33 bits per heavy atom. The first-order valence-corrected chi connectivity index (χ1v) is 10.4. The van der Waals surface area contributed by atoms with Crippen molar-refractivity contribution in [2.75, 3.05) is 30.5 Å². The molecule has 0 aliphatic carbocycles. The van der Waals surface area contributed by atoms with Gasteiger partial charge in [-0.1, -0.05) is 18.7 Å². The van der Waals surface area contributed by atoms with Gasteiger partial charge in [-0.05, 0) is 49.1 Å². The Kier molecular flexibility index (Phi) is 8.16. The fraction of sp³-hybridized carbons (Fsp3) is 0.391. The van der Waals surface area contributed by atoms with Gasteiger partial charge < -0.3 is 20.1 Å². The summed E-state index contributed by atoms with van der Waals surface area (Å²) >= 11 is 0. The van der Waals surface area contributed by atoms with Crippen LogP contribution in [0.25, 0.3) is 0 Å². The third-order valence-electron chi connectivity index (χ3n) is 5.24. The predicted molar refractivity (Wildman–Crippen MR) is 119 cm³/mol. The van der Waals surface area contributed by atoms with Crippen LogP contribution in [-0.4, -0.2) is 44.1 Å². The summed E-state index contributed by atoms with van der Waals surface area (Å²) in [4.78, 5) is 19.2. The van der Waals surface area contributed by atoms with Crippen LogP contribution in [0.15, 0.2) is 48.8 Å². The second-order valence-electron chi connectivity index (χ2n) is 7.62. The van der Waals surface area contributed by atoms with E-state index < -0.39 is 12.7 Å². The first-order valence-electron chi connectivity index (χ1n) is 10.4. The molecule has 0 saturated carbocycles. The average Bonchev–Trinajstić information content (AvgIpc) is 3.33. The quantitative estimate of drug-likeness (QED) is 0.655. The number of fused-ring (bicyclic) bond motifs is 1. The van der Waals surface area contributed by atoms with E-state index in [0.29, 0.717) is 31.0 Å². The number of nitrogens with one attached hydrogen (secondary N) is 2. The first kappa shape index (κ1) is 24.4. The smallest absolute Gasteiger partial charge is 0.387 e. The molecule has 3 heterocycles. The summed E-state index contributed by atoms with van der Waals surface area (Å²) in [6, 6.07) is 7.37. The standard InChI is InChI=1S/C22H24F2N4O3.CH3F/c1-13-10-17-20(25-11-13)28(12-14(2)26-17)22(29)27-19(18-4-3-9-30-18)15-5-7-16(8-6-15)31-21(23)24;1-2/h5-8,10-11,18-19,21,26H,2-4,9,12H2,1H3,(H,27,29);1H3. The zero-order chi connectivity index (χ0) is 24.0. The van der Waals surface area contributed by atoms with E-state index in [4.69, 9.17) is 4.74 Å². The molecule has 178 valence electrons. The molecule has 2 N–H and O–H groups in total. The summed E-state index contributed by atoms with van der Waals surface area (Å²) in [5.74, 6) is 0.574. The highest BCUT2D eigenvalue weighted by atomic mass is 19.3. The number of nitrogens with zero attached hydrogens (tertiary/aromatic N) is 2. The molecule has 1 fully saturated rings. The fourth-order valence-electron chi connectivity index (χ4n) is 3.86. The Hall–Kier alpha value is -3.27. The Labute approximate surface area is 190 Å². The van der Waals surface area contributed by atoms with Crippen molar-refractivity contribution < 1.29 is 27.4 Å². The molecular formula is C23H27F3N4O3. The molecule has 0 radical (unpaired) electrons. The minimum absolute atomic E-state index is 0.0584. The molecule has 2 atom stereocenters. The van der Waals surface area contributed by atoms with Crippen molar-refractivity contribution in [3.05, 3.63) is 59.9 Å². The molecular weight excluding hydrogens is 437 g/mol. The number of ether oxygens (including phenoxy) is 2. The minimum atomic E-state index is -2.89. The van der Waals surface area contributed by atoms with E-state index in [1.54, 1.807) is 18.3 Å². The molecule has 2 aliphatic heterocycles. The van der Waals surface area contributed by atoms with Gasteiger partial charge in [0.15, 0.2) is 5.82 Å². The summed E-state index contributed by atoms with van der Waals surface area (Å²) in [7, 11) is 0.500. The Morgan fingerprint density at radius 3 is 2.70 bits per heavy atom. The van der Waals surface area contributed by atoms with Crippen LogP contribution in [0.4, 0.5) is 29.5 Å². The van der Waals surface area contributed by atoms with Crippen LogP contribution in [0.1, 0.15) is 30.0 Å². The highest BCUT2D eigenvalue weighted by Crippen LogP contribution is 2.32. The number of alkyl halides is 3. The number of hydrogen-bond donors (Lipinski definition) is 2.